The number of hydrogen-bond acceptors (Lipinski definition) is 6. The van der Waals surface area contributed by atoms with Gasteiger partial charge in [-0.05, 0) is 55.7 Å². The van der Waals surface area contributed by atoms with E-state index in [1.807, 2.05) is 12.1 Å². The van der Waals surface area contributed by atoms with Crippen LogP contribution in [0.5, 0.6) is 17.2 Å². The van der Waals surface area contributed by atoms with Crippen molar-refractivity contribution in [2.24, 2.45) is 0 Å². The molecular formula is C21H24O6. The van der Waals surface area contributed by atoms with Gasteiger partial charge in [0.1, 0.15) is 5.76 Å². The molecule has 1 heterocycles. The summed E-state index contributed by atoms with van der Waals surface area (Å²) in [5, 5.41) is 30.2. The third-order valence-corrected chi connectivity index (χ3v) is 4.56. The van der Waals surface area contributed by atoms with Crippen molar-refractivity contribution in [2.45, 2.75) is 25.9 Å². The van der Waals surface area contributed by atoms with Crippen LogP contribution in [0.4, 0.5) is 0 Å². The van der Waals surface area contributed by atoms with Crippen LogP contribution in [-0.2, 0) is 6.42 Å². The molecule has 0 radical (unpaired) electrons. The van der Waals surface area contributed by atoms with Crippen molar-refractivity contribution in [3.8, 4) is 28.6 Å². The second kappa shape index (κ2) is 7.90. The van der Waals surface area contributed by atoms with Gasteiger partial charge in [-0.3, -0.25) is 0 Å². The van der Waals surface area contributed by atoms with Gasteiger partial charge >= 0.3 is 0 Å². The Morgan fingerprint density at radius 1 is 1.07 bits per heavy atom. The average Bonchev–Trinajstić information content (AvgIpc) is 3.05. The lowest BCUT2D eigenvalue weighted by molar-refractivity contribution is 0.200. The molecule has 1 aromatic heterocycles. The molecule has 3 aromatic rings. The molecule has 0 aliphatic carbocycles. The molecule has 0 aliphatic heterocycles. The fraction of sp³-hybridized carbons (Fsp3) is 0.333. The molecule has 1 atom stereocenters. The minimum atomic E-state index is -0.779. The first kappa shape index (κ1) is 19.1. The second-order valence-electron chi connectivity index (χ2n) is 6.41. The molecule has 0 saturated heterocycles. The van der Waals surface area contributed by atoms with E-state index in [1.165, 1.54) is 13.2 Å². The van der Waals surface area contributed by atoms with E-state index in [-0.39, 0.29) is 12.4 Å². The maximum Gasteiger partial charge on any atom is 0.177 e. The monoisotopic (exact) mass is 372 g/mol. The summed E-state index contributed by atoms with van der Waals surface area (Å²) in [6, 6.07) is 8.74. The van der Waals surface area contributed by atoms with E-state index in [9.17, 15) is 10.2 Å². The number of aryl methyl sites for hydroxylation is 1. The van der Waals surface area contributed by atoms with Crippen molar-refractivity contribution >= 4 is 11.0 Å². The minimum Gasteiger partial charge on any atom is -0.504 e. The van der Waals surface area contributed by atoms with Gasteiger partial charge in [-0.1, -0.05) is 0 Å². The smallest absolute Gasteiger partial charge is 0.177 e. The molecule has 2 aromatic carbocycles. The number of aliphatic hydroxyl groups is 2. The first-order valence-electron chi connectivity index (χ1n) is 8.79. The third kappa shape index (κ3) is 3.59. The van der Waals surface area contributed by atoms with E-state index < -0.39 is 6.10 Å². The largest absolute Gasteiger partial charge is 0.504 e. The second-order valence-corrected chi connectivity index (χ2v) is 6.41. The molecule has 0 fully saturated rings. The van der Waals surface area contributed by atoms with Gasteiger partial charge in [-0.15, -0.1) is 0 Å². The van der Waals surface area contributed by atoms with Gasteiger partial charge in [0.15, 0.2) is 22.8 Å². The lowest BCUT2D eigenvalue weighted by atomic mass is 9.99. The highest BCUT2D eigenvalue weighted by molar-refractivity contribution is 5.93. The first-order chi connectivity index (χ1) is 13.0. The number of fused-ring (bicyclic) bond motifs is 1. The zero-order valence-electron chi connectivity index (χ0n) is 15.7. The Kier molecular flexibility index (Phi) is 5.58. The molecule has 0 bridgehead atoms. The minimum absolute atomic E-state index is 0.0276. The van der Waals surface area contributed by atoms with E-state index >= 15 is 0 Å². The van der Waals surface area contributed by atoms with Gasteiger partial charge in [-0.2, -0.15) is 0 Å². The van der Waals surface area contributed by atoms with Crippen LogP contribution >= 0.6 is 0 Å². The Hall–Kier alpha value is -2.70. The van der Waals surface area contributed by atoms with Crippen molar-refractivity contribution in [2.75, 3.05) is 20.8 Å². The summed E-state index contributed by atoms with van der Waals surface area (Å²) in [5.74, 6) is 1.41. The zero-order valence-corrected chi connectivity index (χ0v) is 15.7. The predicted molar refractivity (Wildman–Crippen MR) is 102 cm³/mol. The summed E-state index contributed by atoms with van der Waals surface area (Å²) in [6.07, 6.45) is 0.549. The van der Waals surface area contributed by atoms with E-state index in [2.05, 4.69) is 0 Å². The van der Waals surface area contributed by atoms with Crippen LogP contribution in [0.3, 0.4) is 0 Å². The van der Waals surface area contributed by atoms with Crippen LogP contribution in [0, 0.1) is 0 Å². The summed E-state index contributed by atoms with van der Waals surface area (Å²) in [6.45, 7) is 1.78. The number of hydrogen-bond donors (Lipinski definition) is 3. The number of phenolic OH excluding ortho intramolecular Hbond substituents is 1. The van der Waals surface area contributed by atoms with E-state index in [4.69, 9.17) is 19.0 Å². The van der Waals surface area contributed by atoms with Crippen molar-refractivity contribution in [1.82, 2.24) is 0 Å². The van der Waals surface area contributed by atoms with Crippen LogP contribution in [0.1, 0.15) is 30.6 Å². The van der Waals surface area contributed by atoms with Crippen LogP contribution in [-0.4, -0.2) is 36.1 Å². The molecule has 0 saturated carbocycles. The average molecular weight is 372 g/mol. The highest BCUT2D eigenvalue weighted by atomic mass is 16.5. The quantitative estimate of drug-likeness (QED) is 0.584. The number of methoxy groups -OCH3 is 2. The van der Waals surface area contributed by atoms with Gasteiger partial charge < -0.3 is 29.2 Å². The van der Waals surface area contributed by atoms with Crippen molar-refractivity contribution < 1.29 is 29.2 Å². The number of rotatable bonds is 7. The summed E-state index contributed by atoms with van der Waals surface area (Å²) < 4.78 is 16.8. The zero-order chi connectivity index (χ0) is 19.6. The molecule has 0 aliphatic rings. The first-order valence-corrected chi connectivity index (χ1v) is 8.79. The molecule has 6 heteroatoms. The van der Waals surface area contributed by atoms with Crippen LogP contribution < -0.4 is 9.47 Å². The maximum atomic E-state index is 10.4. The van der Waals surface area contributed by atoms with Crippen molar-refractivity contribution in [1.29, 1.82) is 0 Å². The van der Waals surface area contributed by atoms with Crippen molar-refractivity contribution in [3.05, 3.63) is 41.5 Å². The lowest BCUT2D eigenvalue weighted by Gasteiger charge is -2.09. The standard InChI is InChI=1S/C21H24O6/c1-12(23)19-15-9-13(5-4-8-22)10-18(26-3)21(15)27-20(19)14-6-7-16(24)17(11-14)25-2/h6-7,9-12,22-24H,4-5,8H2,1-3H3. The van der Waals surface area contributed by atoms with Crippen LogP contribution in [0.2, 0.25) is 0 Å². The van der Waals surface area contributed by atoms with Crippen LogP contribution in [0.25, 0.3) is 22.3 Å². The highest BCUT2D eigenvalue weighted by Crippen LogP contribution is 2.43. The molecule has 27 heavy (non-hydrogen) atoms. The highest BCUT2D eigenvalue weighted by Gasteiger charge is 2.23. The van der Waals surface area contributed by atoms with Gasteiger partial charge in [-0.25, -0.2) is 0 Å². The SMILES string of the molecule is COc1cc(-c2oc3c(OC)cc(CCCO)cc3c2C(C)O)ccc1O. The molecule has 144 valence electrons. The Labute approximate surface area is 157 Å². The maximum absolute atomic E-state index is 10.4. The molecule has 3 rings (SSSR count). The predicted octanol–water partition coefficient (Wildman–Crippen LogP) is 3.80. The number of phenols is 1. The van der Waals surface area contributed by atoms with Crippen molar-refractivity contribution in [3.63, 3.8) is 0 Å². The Morgan fingerprint density at radius 3 is 2.44 bits per heavy atom. The molecular weight excluding hydrogens is 348 g/mol. The molecule has 0 amide bonds. The normalized spacial score (nSPS) is 12.3. The fourth-order valence-electron chi connectivity index (χ4n) is 3.27. The van der Waals surface area contributed by atoms with E-state index in [1.54, 1.807) is 26.2 Å². The molecule has 0 spiro atoms. The Balaban J connectivity index is 2.25. The number of aromatic hydroxyl groups is 1. The Morgan fingerprint density at radius 2 is 1.81 bits per heavy atom. The molecule has 6 nitrogen and oxygen atoms in total. The molecule has 3 N–H and O–H groups in total. The number of aliphatic hydroxyl groups excluding tert-OH is 2. The van der Waals surface area contributed by atoms with Crippen LogP contribution in [0.15, 0.2) is 34.7 Å². The fourth-order valence-corrected chi connectivity index (χ4v) is 3.27. The summed E-state index contributed by atoms with van der Waals surface area (Å²) in [7, 11) is 3.04. The molecule has 1 unspecified atom stereocenters. The summed E-state index contributed by atoms with van der Waals surface area (Å²) in [5.41, 5.74) is 2.85. The number of furan rings is 1. The van der Waals surface area contributed by atoms with Gasteiger partial charge in [0.25, 0.3) is 0 Å². The van der Waals surface area contributed by atoms with E-state index in [0.717, 1.165) is 10.9 Å². The van der Waals surface area contributed by atoms with E-state index in [0.29, 0.717) is 46.8 Å². The van der Waals surface area contributed by atoms with Gasteiger partial charge in [0.05, 0.1) is 20.3 Å². The van der Waals surface area contributed by atoms with Gasteiger partial charge in [0, 0.05) is 23.1 Å². The van der Waals surface area contributed by atoms with Gasteiger partial charge in [0.2, 0.25) is 0 Å². The number of ether oxygens (including phenoxy) is 2. The topological polar surface area (TPSA) is 92.3 Å². The summed E-state index contributed by atoms with van der Waals surface area (Å²) >= 11 is 0. The summed E-state index contributed by atoms with van der Waals surface area (Å²) in [4.78, 5) is 0. The number of benzene rings is 2. The third-order valence-electron chi connectivity index (χ3n) is 4.56. The Bertz CT molecular complexity index is 941. The lowest BCUT2D eigenvalue weighted by Crippen LogP contribution is -1.95.